The summed E-state index contributed by atoms with van der Waals surface area (Å²) < 4.78 is 31.5. The molecule has 19 heavy (non-hydrogen) atoms. The van der Waals surface area contributed by atoms with Gasteiger partial charge in [0.2, 0.25) is 0 Å². The first-order valence-corrected chi connectivity index (χ1v) is 6.52. The van der Waals surface area contributed by atoms with Crippen LogP contribution < -0.4 is 0 Å². The maximum atomic E-state index is 13.1. The third-order valence-corrected chi connectivity index (χ3v) is 3.31. The summed E-state index contributed by atoms with van der Waals surface area (Å²) in [4.78, 5) is 2.19. The molecule has 2 atom stereocenters. The number of hydrogen-bond acceptors (Lipinski definition) is 3. The van der Waals surface area contributed by atoms with E-state index in [2.05, 4.69) is 4.90 Å². The van der Waals surface area contributed by atoms with Crippen molar-refractivity contribution in [1.82, 2.24) is 4.90 Å². The molecule has 0 bridgehead atoms. The normalized spacial score (nSPS) is 22.4. The summed E-state index contributed by atoms with van der Waals surface area (Å²) in [5.41, 5.74) is 0.291. The third-order valence-electron chi connectivity index (χ3n) is 3.31. The molecule has 2 unspecified atom stereocenters. The molecule has 1 aromatic carbocycles. The second kappa shape index (κ2) is 6.41. The lowest BCUT2D eigenvalue weighted by Crippen LogP contribution is -2.41. The van der Waals surface area contributed by atoms with Gasteiger partial charge in [-0.3, -0.25) is 4.90 Å². The van der Waals surface area contributed by atoms with Crippen molar-refractivity contribution in [3.8, 4) is 0 Å². The van der Waals surface area contributed by atoms with Crippen molar-refractivity contribution < 1.29 is 18.6 Å². The molecule has 0 aromatic heterocycles. The number of halogens is 2. The van der Waals surface area contributed by atoms with E-state index in [9.17, 15) is 13.9 Å². The SMILES string of the molecule is CC1CN(CCC(O)c2cc(F)cc(F)c2)CCO1. The summed E-state index contributed by atoms with van der Waals surface area (Å²) in [7, 11) is 0. The fourth-order valence-electron chi connectivity index (χ4n) is 2.33. The van der Waals surface area contributed by atoms with Gasteiger partial charge in [0.25, 0.3) is 0 Å². The van der Waals surface area contributed by atoms with Crippen molar-refractivity contribution in [1.29, 1.82) is 0 Å². The highest BCUT2D eigenvalue weighted by molar-refractivity contribution is 5.20. The fourth-order valence-corrected chi connectivity index (χ4v) is 2.33. The molecule has 1 fully saturated rings. The molecule has 0 amide bonds. The third kappa shape index (κ3) is 4.23. The maximum absolute atomic E-state index is 13.1. The molecule has 0 radical (unpaired) electrons. The second-order valence-corrected chi connectivity index (χ2v) is 4.99. The van der Waals surface area contributed by atoms with Crippen LogP contribution in [-0.2, 0) is 4.74 Å². The number of aliphatic hydroxyl groups excluding tert-OH is 1. The summed E-state index contributed by atoms with van der Waals surface area (Å²) in [5, 5.41) is 9.97. The first kappa shape index (κ1) is 14.4. The minimum atomic E-state index is -0.844. The average Bonchev–Trinajstić information content (AvgIpc) is 2.35. The molecular weight excluding hydrogens is 252 g/mol. The van der Waals surface area contributed by atoms with E-state index in [1.807, 2.05) is 6.92 Å². The van der Waals surface area contributed by atoms with Gasteiger partial charge in [-0.25, -0.2) is 8.78 Å². The highest BCUT2D eigenvalue weighted by atomic mass is 19.1. The van der Waals surface area contributed by atoms with E-state index < -0.39 is 17.7 Å². The molecule has 3 nitrogen and oxygen atoms in total. The van der Waals surface area contributed by atoms with E-state index in [4.69, 9.17) is 4.74 Å². The Morgan fingerprint density at radius 1 is 1.37 bits per heavy atom. The Balaban J connectivity index is 1.88. The van der Waals surface area contributed by atoms with Gasteiger partial charge in [-0.15, -0.1) is 0 Å². The lowest BCUT2D eigenvalue weighted by molar-refractivity contribution is -0.0222. The van der Waals surface area contributed by atoms with E-state index >= 15 is 0 Å². The summed E-state index contributed by atoms with van der Waals surface area (Å²) >= 11 is 0. The first-order valence-electron chi connectivity index (χ1n) is 6.52. The Morgan fingerprint density at radius 3 is 2.68 bits per heavy atom. The van der Waals surface area contributed by atoms with Crippen LogP contribution in [0.25, 0.3) is 0 Å². The Kier molecular flexibility index (Phi) is 4.85. The first-order chi connectivity index (χ1) is 9.04. The molecule has 0 saturated carbocycles. The highest BCUT2D eigenvalue weighted by Crippen LogP contribution is 2.20. The average molecular weight is 271 g/mol. The minimum absolute atomic E-state index is 0.192. The predicted molar refractivity (Wildman–Crippen MR) is 67.8 cm³/mol. The van der Waals surface area contributed by atoms with Gasteiger partial charge in [-0.2, -0.15) is 0 Å². The Bertz CT molecular complexity index is 408. The quantitative estimate of drug-likeness (QED) is 0.910. The summed E-state index contributed by atoms with van der Waals surface area (Å²) in [6.07, 6.45) is -0.198. The van der Waals surface area contributed by atoms with Gasteiger partial charge >= 0.3 is 0 Å². The number of nitrogens with zero attached hydrogens (tertiary/aromatic N) is 1. The molecule has 1 saturated heterocycles. The van der Waals surface area contributed by atoms with Crippen LogP contribution >= 0.6 is 0 Å². The van der Waals surface area contributed by atoms with E-state index in [-0.39, 0.29) is 6.10 Å². The van der Waals surface area contributed by atoms with Crippen LogP contribution in [0.3, 0.4) is 0 Å². The molecular formula is C14H19F2NO2. The van der Waals surface area contributed by atoms with Gasteiger partial charge in [0, 0.05) is 25.7 Å². The zero-order valence-corrected chi connectivity index (χ0v) is 11.0. The van der Waals surface area contributed by atoms with Crippen molar-refractivity contribution in [3.63, 3.8) is 0 Å². The zero-order chi connectivity index (χ0) is 13.8. The van der Waals surface area contributed by atoms with Crippen molar-refractivity contribution in [2.75, 3.05) is 26.2 Å². The minimum Gasteiger partial charge on any atom is -0.388 e. The van der Waals surface area contributed by atoms with Gasteiger partial charge in [0.15, 0.2) is 0 Å². The number of ether oxygens (including phenoxy) is 1. The molecule has 1 heterocycles. The van der Waals surface area contributed by atoms with Crippen molar-refractivity contribution >= 4 is 0 Å². The van der Waals surface area contributed by atoms with Crippen LogP contribution in [-0.4, -0.2) is 42.4 Å². The van der Waals surface area contributed by atoms with Crippen LogP contribution in [0.5, 0.6) is 0 Å². The summed E-state index contributed by atoms with van der Waals surface area (Å²) in [6.45, 7) is 5.03. The van der Waals surface area contributed by atoms with Crippen LogP contribution in [0, 0.1) is 11.6 Å². The number of benzene rings is 1. The highest BCUT2D eigenvalue weighted by Gasteiger charge is 2.18. The van der Waals surface area contributed by atoms with Crippen LogP contribution in [0.2, 0.25) is 0 Å². The fraction of sp³-hybridized carbons (Fsp3) is 0.571. The van der Waals surface area contributed by atoms with Crippen LogP contribution in [0.15, 0.2) is 18.2 Å². The van der Waals surface area contributed by atoms with E-state index in [1.54, 1.807) is 0 Å². The molecule has 0 spiro atoms. The molecule has 1 aromatic rings. The second-order valence-electron chi connectivity index (χ2n) is 4.99. The van der Waals surface area contributed by atoms with Crippen molar-refractivity contribution in [2.45, 2.75) is 25.6 Å². The topological polar surface area (TPSA) is 32.7 Å². The number of rotatable bonds is 4. The van der Waals surface area contributed by atoms with E-state index in [0.717, 1.165) is 19.2 Å². The maximum Gasteiger partial charge on any atom is 0.126 e. The van der Waals surface area contributed by atoms with E-state index in [1.165, 1.54) is 12.1 Å². The standard InChI is InChI=1S/C14H19F2NO2/c1-10-9-17(4-5-19-10)3-2-14(18)11-6-12(15)8-13(16)7-11/h6-8,10,14,18H,2-5,9H2,1H3. The van der Waals surface area contributed by atoms with Crippen LogP contribution in [0.1, 0.15) is 25.0 Å². The lowest BCUT2D eigenvalue weighted by atomic mass is 10.1. The van der Waals surface area contributed by atoms with Gasteiger partial charge in [-0.05, 0) is 31.0 Å². The number of aliphatic hydroxyl groups is 1. The van der Waals surface area contributed by atoms with Crippen molar-refractivity contribution in [3.05, 3.63) is 35.4 Å². The van der Waals surface area contributed by atoms with Crippen molar-refractivity contribution in [2.24, 2.45) is 0 Å². The van der Waals surface area contributed by atoms with E-state index in [0.29, 0.717) is 25.1 Å². The summed E-state index contributed by atoms with van der Waals surface area (Å²) in [6, 6.07) is 3.16. The van der Waals surface area contributed by atoms with Gasteiger partial charge in [0.05, 0.1) is 18.8 Å². The molecule has 5 heteroatoms. The zero-order valence-electron chi connectivity index (χ0n) is 11.0. The predicted octanol–water partition coefficient (Wildman–Crippen LogP) is 2.11. The largest absolute Gasteiger partial charge is 0.388 e. The molecule has 0 aliphatic carbocycles. The Morgan fingerprint density at radius 2 is 2.05 bits per heavy atom. The molecule has 2 rings (SSSR count). The molecule has 1 aliphatic heterocycles. The Hall–Kier alpha value is -1.04. The Labute approximate surface area is 111 Å². The smallest absolute Gasteiger partial charge is 0.126 e. The van der Waals surface area contributed by atoms with Gasteiger partial charge in [-0.1, -0.05) is 0 Å². The number of morpholine rings is 1. The molecule has 106 valence electrons. The summed E-state index contributed by atoms with van der Waals surface area (Å²) in [5.74, 6) is -1.32. The molecule has 1 aliphatic rings. The van der Waals surface area contributed by atoms with Gasteiger partial charge < -0.3 is 9.84 Å². The monoisotopic (exact) mass is 271 g/mol. The number of hydrogen-bond donors (Lipinski definition) is 1. The van der Waals surface area contributed by atoms with Crippen LogP contribution in [0.4, 0.5) is 8.78 Å². The molecule has 1 N–H and O–H groups in total. The lowest BCUT2D eigenvalue weighted by Gasteiger charge is -2.31. The van der Waals surface area contributed by atoms with Gasteiger partial charge in [0.1, 0.15) is 11.6 Å².